The molecule has 3 aromatic carbocycles. The normalized spacial score (nSPS) is 17.6. The summed E-state index contributed by atoms with van der Waals surface area (Å²) in [6.07, 6.45) is 10.1. The van der Waals surface area contributed by atoms with Crippen LogP contribution in [0.5, 0.6) is 0 Å². The molecule has 4 aromatic rings. The summed E-state index contributed by atoms with van der Waals surface area (Å²) in [6.45, 7) is 2.24. The number of nitro benzene ring substituents is 2. The second kappa shape index (κ2) is 10.7. The van der Waals surface area contributed by atoms with Gasteiger partial charge in [-0.3, -0.25) is 29.6 Å². The molecule has 0 radical (unpaired) electrons. The zero-order valence-electron chi connectivity index (χ0n) is 21.5. The van der Waals surface area contributed by atoms with Crippen molar-refractivity contribution in [1.82, 2.24) is 4.57 Å². The number of aromatic nitrogens is 1. The molecule has 5 rings (SSSR count). The molecule has 1 aliphatic rings. The summed E-state index contributed by atoms with van der Waals surface area (Å²) >= 11 is 0. The SMILES string of the molecule is CCCCCC1CCC(c2ccc(C(=O)n3c4ccc([N+](=O)[O-])cc4c4cc([N+](=O)[O-])ccc43)cc2)CC1. The Morgan fingerprint density at radius 2 is 1.37 bits per heavy atom. The van der Waals surface area contributed by atoms with E-state index >= 15 is 0 Å². The second-order valence-corrected chi connectivity index (χ2v) is 10.4. The highest BCUT2D eigenvalue weighted by Gasteiger charge is 2.24. The van der Waals surface area contributed by atoms with Gasteiger partial charge in [0.1, 0.15) is 0 Å². The molecule has 1 aliphatic carbocycles. The highest BCUT2D eigenvalue weighted by Crippen LogP contribution is 2.38. The summed E-state index contributed by atoms with van der Waals surface area (Å²) in [5.74, 6) is 1.07. The Morgan fingerprint density at radius 3 is 1.87 bits per heavy atom. The molecule has 1 saturated carbocycles. The van der Waals surface area contributed by atoms with Crippen LogP contribution in [0, 0.1) is 26.1 Å². The summed E-state index contributed by atoms with van der Waals surface area (Å²) in [6, 6.07) is 16.3. The molecular formula is C30H31N3O5. The van der Waals surface area contributed by atoms with Crippen LogP contribution in [0.15, 0.2) is 60.7 Å². The lowest BCUT2D eigenvalue weighted by Gasteiger charge is -2.29. The molecule has 1 fully saturated rings. The van der Waals surface area contributed by atoms with Crippen molar-refractivity contribution in [3.8, 4) is 0 Å². The molecule has 0 saturated heterocycles. The van der Waals surface area contributed by atoms with E-state index in [0.717, 1.165) is 5.92 Å². The van der Waals surface area contributed by atoms with Gasteiger partial charge in [-0.25, -0.2) is 0 Å². The molecule has 196 valence electrons. The van der Waals surface area contributed by atoms with E-state index in [1.54, 1.807) is 0 Å². The summed E-state index contributed by atoms with van der Waals surface area (Å²) in [5, 5.41) is 23.6. The third kappa shape index (κ3) is 4.90. The smallest absolute Gasteiger partial charge is 0.270 e. The van der Waals surface area contributed by atoms with Crippen molar-refractivity contribution < 1.29 is 14.6 Å². The van der Waals surface area contributed by atoms with Gasteiger partial charge in [-0.2, -0.15) is 0 Å². The molecule has 1 aromatic heterocycles. The van der Waals surface area contributed by atoms with Crippen LogP contribution < -0.4 is 0 Å². The molecule has 0 aliphatic heterocycles. The minimum absolute atomic E-state index is 0.139. The topological polar surface area (TPSA) is 108 Å². The predicted octanol–water partition coefficient (Wildman–Crippen LogP) is 8.15. The van der Waals surface area contributed by atoms with Gasteiger partial charge in [-0.1, -0.05) is 44.7 Å². The third-order valence-corrected chi connectivity index (χ3v) is 8.05. The van der Waals surface area contributed by atoms with E-state index in [4.69, 9.17) is 0 Å². The molecule has 0 amide bonds. The second-order valence-electron chi connectivity index (χ2n) is 10.4. The first-order valence-corrected chi connectivity index (χ1v) is 13.4. The molecule has 0 unspecified atom stereocenters. The Morgan fingerprint density at radius 1 is 0.816 bits per heavy atom. The number of benzene rings is 3. The number of unbranched alkanes of at least 4 members (excludes halogenated alkanes) is 2. The van der Waals surface area contributed by atoms with Crippen LogP contribution in [0.4, 0.5) is 11.4 Å². The summed E-state index contributed by atoms with van der Waals surface area (Å²) in [7, 11) is 0. The first-order chi connectivity index (χ1) is 18.4. The zero-order valence-corrected chi connectivity index (χ0v) is 21.5. The van der Waals surface area contributed by atoms with Crippen LogP contribution in [-0.4, -0.2) is 20.3 Å². The lowest BCUT2D eigenvalue weighted by molar-refractivity contribution is -0.385. The Bertz CT molecular complexity index is 1440. The van der Waals surface area contributed by atoms with Crippen LogP contribution in [-0.2, 0) is 0 Å². The average Bonchev–Trinajstić information content (AvgIpc) is 3.26. The molecule has 8 nitrogen and oxygen atoms in total. The van der Waals surface area contributed by atoms with Crippen molar-refractivity contribution in [3.63, 3.8) is 0 Å². The molecule has 8 heteroatoms. The molecule has 0 spiro atoms. The van der Waals surface area contributed by atoms with Crippen molar-refractivity contribution in [2.24, 2.45) is 5.92 Å². The van der Waals surface area contributed by atoms with E-state index in [1.807, 2.05) is 24.3 Å². The molecule has 0 N–H and O–H groups in total. The molecule has 0 bridgehead atoms. The average molecular weight is 514 g/mol. The fraction of sp³-hybridized carbons (Fsp3) is 0.367. The van der Waals surface area contributed by atoms with E-state index in [-0.39, 0.29) is 17.3 Å². The summed E-state index contributed by atoms with van der Waals surface area (Å²) in [5.41, 5.74) is 2.42. The van der Waals surface area contributed by atoms with Crippen molar-refractivity contribution >= 4 is 39.1 Å². The summed E-state index contributed by atoms with van der Waals surface area (Å²) < 4.78 is 1.49. The van der Waals surface area contributed by atoms with Gasteiger partial charge in [0.25, 0.3) is 17.3 Å². The van der Waals surface area contributed by atoms with Gasteiger partial charge in [0, 0.05) is 40.6 Å². The zero-order chi connectivity index (χ0) is 26.8. The van der Waals surface area contributed by atoms with Crippen molar-refractivity contribution in [2.45, 2.75) is 64.2 Å². The van der Waals surface area contributed by atoms with Gasteiger partial charge in [0.15, 0.2) is 0 Å². The maximum absolute atomic E-state index is 13.7. The van der Waals surface area contributed by atoms with Gasteiger partial charge < -0.3 is 0 Å². The molecular weight excluding hydrogens is 482 g/mol. The number of carbonyl (C=O) groups excluding carboxylic acids is 1. The fourth-order valence-corrected chi connectivity index (χ4v) is 5.94. The monoisotopic (exact) mass is 513 g/mol. The highest BCUT2D eigenvalue weighted by atomic mass is 16.6. The Labute approximate surface area is 220 Å². The van der Waals surface area contributed by atoms with Crippen LogP contribution in [0.3, 0.4) is 0 Å². The predicted molar refractivity (Wildman–Crippen MR) is 148 cm³/mol. The summed E-state index contributed by atoms with van der Waals surface area (Å²) in [4.78, 5) is 35.5. The Hall–Kier alpha value is -4.07. The van der Waals surface area contributed by atoms with Gasteiger partial charge >= 0.3 is 0 Å². The number of carbonyl (C=O) groups is 1. The Balaban J connectivity index is 1.44. The fourth-order valence-electron chi connectivity index (χ4n) is 5.94. The number of hydrogen-bond acceptors (Lipinski definition) is 5. The molecule has 0 atom stereocenters. The number of fused-ring (bicyclic) bond motifs is 3. The van der Waals surface area contributed by atoms with E-state index in [9.17, 15) is 25.0 Å². The maximum atomic E-state index is 13.7. The van der Waals surface area contributed by atoms with Crippen LogP contribution >= 0.6 is 0 Å². The van der Waals surface area contributed by atoms with E-state index in [1.165, 1.54) is 97.9 Å². The van der Waals surface area contributed by atoms with Crippen LogP contribution in [0.1, 0.15) is 80.1 Å². The quantitative estimate of drug-likeness (QED) is 0.134. The lowest BCUT2D eigenvalue weighted by Crippen LogP contribution is -2.14. The minimum atomic E-state index is -0.515. The largest absolute Gasteiger partial charge is 0.276 e. The van der Waals surface area contributed by atoms with Crippen LogP contribution in [0.2, 0.25) is 0 Å². The lowest BCUT2D eigenvalue weighted by atomic mass is 9.77. The van der Waals surface area contributed by atoms with E-state index in [0.29, 0.717) is 33.3 Å². The van der Waals surface area contributed by atoms with E-state index in [2.05, 4.69) is 6.92 Å². The van der Waals surface area contributed by atoms with Crippen LogP contribution in [0.25, 0.3) is 21.8 Å². The minimum Gasteiger partial charge on any atom is -0.276 e. The number of hydrogen-bond donors (Lipinski definition) is 0. The maximum Gasteiger partial charge on any atom is 0.270 e. The first-order valence-electron chi connectivity index (χ1n) is 13.4. The van der Waals surface area contributed by atoms with Crippen molar-refractivity contribution in [2.75, 3.05) is 0 Å². The number of nitro groups is 2. The first kappa shape index (κ1) is 25.6. The third-order valence-electron chi connectivity index (χ3n) is 8.05. The standard InChI is InChI=1S/C30H31N3O5/c1-2-3-4-5-20-6-8-21(9-7-20)22-10-12-23(13-11-22)30(34)31-28-16-14-24(32(35)36)18-26(28)27-19-25(33(37)38)15-17-29(27)31/h10-21H,2-9H2,1H3. The number of non-ortho nitro benzene ring substituents is 2. The number of rotatable bonds is 8. The number of nitrogens with zero attached hydrogens (tertiary/aromatic N) is 3. The van der Waals surface area contributed by atoms with Gasteiger partial charge in [-0.15, -0.1) is 0 Å². The highest BCUT2D eigenvalue weighted by molar-refractivity contribution is 6.17. The Kier molecular flexibility index (Phi) is 7.22. The van der Waals surface area contributed by atoms with Gasteiger partial charge in [-0.05, 0) is 67.3 Å². The van der Waals surface area contributed by atoms with Gasteiger partial charge in [0.2, 0.25) is 0 Å². The molecule has 1 heterocycles. The van der Waals surface area contributed by atoms with Crippen molar-refractivity contribution in [1.29, 1.82) is 0 Å². The van der Waals surface area contributed by atoms with Gasteiger partial charge in [0.05, 0.1) is 20.9 Å². The molecule has 38 heavy (non-hydrogen) atoms. The van der Waals surface area contributed by atoms with E-state index < -0.39 is 9.85 Å². The van der Waals surface area contributed by atoms with Crippen molar-refractivity contribution in [3.05, 3.63) is 92.0 Å².